The lowest BCUT2D eigenvalue weighted by atomic mass is 10.1. The Labute approximate surface area is 101 Å². The molecule has 1 rings (SSSR count). The minimum absolute atomic E-state index is 0.140. The maximum absolute atomic E-state index is 13.2. The zero-order valence-electron chi connectivity index (χ0n) is 8.54. The van der Waals surface area contributed by atoms with Crippen molar-refractivity contribution in [3.05, 3.63) is 34.9 Å². The number of hydrogen-bond donors (Lipinski definition) is 0. The van der Waals surface area contributed by atoms with Gasteiger partial charge in [-0.05, 0) is 17.7 Å². The highest BCUT2D eigenvalue weighted by molar-refractivity contribution is 8.13. The van der Waals surface area contributed by atoms with Crippen molar-refractivity contribution in [2.24, 2.45) is 0 Å². The number of rotatable bonds is 3. The molecule has 0 saturated heterocycles. The molecular formula is C9H7ClF2O4S. The van der Waals surface area contributed by atoms with Crippen molar-refractivity contribution in [2.45, 2.75) is 5.75 Å². The van der Waals surface area contributed by atoms with Gasteiger partial charge in [0.05, 0.1) is 18.4 Å². The zero-order valence-corrected chi connectivity index (χ0v) is 10.1. The highest BCUT2D eigenvalue weighted by Gasteiger charge is 2.19. The summed E-state index contributed by atoms with van der Waals surface area (Å²) in [6, 6.07) is 1.53. The summed E-state index contributed by atoms with van der Waals surface area (Å²) in [4.78, 5) is 11.1. The molecule has 94 valence electrons. The molecule has 0 N–H and O–H groups in total. The largest absolute Gasteiger partial charge is 0.465 e. The quantitative estimate of drug-likeness (QED) is 0.627. The number of benzene rings is 1. The Kier molecular flexibility index (Phi) is 4.05. The van der Waals surface area contributed by atoms with Crippen LogP contribution in [0.25, 0.3) is 0 Å². The predicted molar refractivity (Wildman–Crippen MR) is 56.2 cm³/mol. The first-order valence-electron chi connectivity index (χ1n) is 4.23. The Morgan fingerprint density at radius 2 is 2.00 bits per heavy atom. The second-order valence-corrected chi connectivity index (χ2v) is 5.89. The van der Waals surface area contributed by atoms with E-state index in [0.717, 1.165) is 13.2 Å². The van der Waals surface area contributed by atoms with Crippen molar-refractivity contribution >= 4 is 25.7 Å². The number of halogens is 3. The van der Waals surface area contributed by atoms with Crippen LogP contribution >= 0.6 is 10.7 Å². The number of esters is 1. The number of carbonyl (C=O) groups excluding carboxylic acids is 1. The van der Waals surface area contributed by atoms with E-state index in [4.69, 9.17) is 10.7 Å². The first kappa shape index (κ1) is 13.9. The maximum Gasteiger partial charge on any atom is 0.340 e. The van der Waals surface area contributed by atoms with Crippen LogP contribution in [0.2, 0.25) is 0 Å². The molecular weight excluding hydrogens is 278 g/mol. The Morgan fingerprint density at radius 1 is 1.41 bits per heavy atom. The van der Waals surface area contributed by atoms with Crippen molar-refractivity contribution in [2.75, 3.05) is 7.11 Å². The molecule has 0 unspecified atom stereocenters. The summed E-state index contributed by atoms with van der Waals surface area (Å²) in [6.07, 6.45) is 0. The molecule has 0 radical (unpaired) electrons. The topological polar surface area (TPSA) is 60.4 Å². The Bertz CT molecular complexity index is 556. The Balaban J connectivity index is 3.29. The average Bonchev–Trinajstić information content (AvgIpc) is 2.19. The molecule has 0 aliphatic heterocycles. The molecule has 0 heterocycles. The van der Waals surface area contributed by atoms with Gasteiger partial charge in [-0.2, -0.15) is 0 Å². The van der Waals surface area contributed by atoms with Gasteiger partial charge in [-0.3, -0.25) is 0 Å². The van der Waals surface area contributed by atoms with Crippen molar-refractivity contribution in [1.29, 1.82) is 0 Å². The Hall–Kier alpha value is -1.21. The molecule has 0 bridgehead atoms. The van der Waals surface area contributed by atoms with Crippen LogP contribution in [0.4, 0.5) is 8.78 Å². The SMILES string of the molecule is COC(=O)c1cc(CS(=O)(=O)Cl)cc(F)c1F. The lowest BCUT2D eigenvalue weighted by molar-refractivity contribution is 0.0594. The Morgan fingerprint density at radius 3 is 2.47 bits per heavy atom. The van der Waals surface area contributed by atoms with Gasteiger partial charge in [0, 0.05) is 10.7 Å². The highest BCUT2D eigenvalue weighted by atomic mass is 35.7. The second kappa shape index (κ2) is 4.97. The monoisotopic (exact) mass is 284 g/mol. The van der Waals surface area contributed by atoms with Gasteiger partial charge < -0.3 is 4.74 Å². The van der Waals surface area contributed by atoms with E-state index in [-0.39, 0.29) is 5.56 Å². The van der Waals surface area contributed by atoms with Crippen LogP contribution in [0.1, 0.15) is 15.9 Å². The third-order valence-corrected chi connectivity index (χ3v) is 2.84. The summed E-state index contributed by atoms with van der Waals surface area (Å²) in [7, 11) is 2.03. The molecule has 8 heteroatoms. The maximum atomic E-state index is 13.2. The van der Waals surface area contributed by atoms with Gasteiger partial charge in [0.25, 0.3) is 0 Å². The molecule has 0 saturated carbocycles. The summed E-state index contributed by atoms with van der Waals surface area (Å²) in [5.41, 5.74) is -0.817. The van der Waals surface area contributed by atoms with Gasteiger partial charge in [0.1, 0.15) is 0 Å². The number of carbonyl (C=O) groups is 1. The van der Waals surface area contributed by atoms with E-state index in [1.165, 1.54) is 0 Å². The summed E-state index contributed by atoms with van der Waals surface area (Å²) in [5, 5.41) is 0. The third-order valence-electron chi connectivity index (χ3n) is 1.83. The van der Waals surface area contributed by atoms with Gasteiger partial charge >= 0.3 is 5.97 Å². The fourth-order valence-electron chi connectivity index (χ4n) is 1.19. The van der Waals surface area contributed by atoms with E-state index in [2.05, 4.69) is 4.74 Å². The smallest absolute Gasteiger partial charge is 0.340 e. The molecule has 0 aliphatic carbocycles. The molecule has 0 atom stereocenters. The molecule has 1 aromatic carbocycles. The fraction of sp³-hybridized carbons (Fsp3) is 0.222. The van der Waals surface area contributed by atoms with Crippen LogP contribution in [0.15, 0.2) is 12.1 Å². The normalized spacial score (nSPS) is 11.3. The summed E-state index contributed by atoms with van der Waals surface area (Å²) in [5.74, 6) is -4.55. The van der Waals surface area contributed by atoms with Gasteiger partial charge in [-0.1, -0.05) is 0 Å². The molecule has 0 aliphatic rings. The fourth-order valence-corrected chi connectivity index (χ4v) is 2.13. The van der Waals surface area contributed by atoms with E-state index >= 15 is 0 Å². The van der Waals surface area contributed by atoms with E-state index in [9.17, 15) is 22.0 Å². The molecule has 1 aromatic rings. The molecule has 17 heavy (non-hydrogen) atoms. The van der Waals surface area contributed by atoms with E-state index in [1.54, 1.807) is 0 Å². The third kappa shape index (κ3) is 3.64. The van der Waals surface area contributed by atoms with Gasteiger partial charge in [-0.15, -0.1) is 0 Å². The summed E-state index contributed by atoms with van der Waals surface area (Å²) < 4.78 is 52.1. The van der Waals surface area contributed by atoms with Crippen molar-refractivity contribution in [3.63, 3.8) is 0 Å². The predicted octanol–water partition coefficient (Wildman–Crippen LogP) is 1.82. The standard InChI is InChI=1S/C9H7ClF2O4S/c1-16-9(13)6-2-5(4-17(10,14)15)3-7(11)8(6)12/h2-3H,4H2,1H3. The van der Waals surface area contributed by atoms with Crippen LogP contribution in [0.5, 0.6) is 0 Å². The molecule has 0 fully saturated rings. The van der Waals surface area contributed by atoms with Crippen molar-refractivity contribution in [3.8, 4) is 0 Å². The van der Waals surface area contributed by atoms with Crippen LogP contribution < -0.4 is 0 Å². The summed E-state index contributed by atoms with van der Waals surface area (Å²) >= 11 is 0. The first-order valence-corrected chi connectivity index (χ1v) is 6.71. The van der Waals surface area contributed by atoms with Crippen molar-refractivity contribution < 1.29 is 26.7 Å². The minimum atomic E-state index is -3.92. The molecule has 0 spiro atoms. The minimum Gasteiger partial charge on any atom is -0.465 e. The van der Waals surface area contributed by atoms with Crippen LogP contribution in [-0.4, -0.2) is 21.5 Å². The van der Waals surface area contributed by atoms with Crippen LogP contribution in [0, 0.1) is 11.6 Å². The molecule has 4 nitrogen and oxygen atoms in total. The van der Waals surface area contributed by atoms with Crippen LogP contribution in [0.3, 0.4) is 0 Å². The average molecular weight is 285 g/mol. The summed E-state index contributed by atoms with van der Waals surface area (Å²) in [6.45, 7) is 0. The van der Waals surface area contributed by atoms with Gasteiger partial charge in [-0.25, -0.2) is 22.0 Å². The van der Waals surface area contributed by atoms with Gasteiger partial charge in [0.15, 0.2) is 11.6 Å². The van der Waals surface area contributed by atoms with Crippen LogP contribution in [-0.2, 0) is 19.5 Å². The van der Waals surface area contributed by atoms with Crippen molar-refractivity contribution in [1.82, 2.24) is 0 Å². The van der Waals surface area contributed by atoms with E-state index in [1.807, 2.05) is 0 Å². The van der Waals surface area contributed by atoms with E-state index in [0.29, 0.717) is 6.07 Å². The second-order valence-electron chi connectivity index (χ2n) is 3.11. The van der Waals surface area contributed by atoms with E-state index < -0.39 is 38.0 Å². The highest BCUT2D eigenvalue weighted by Crippen LogP contribution is 2.18. The number of ether oxygens (including phenoxy) is 1. The lowest BCUT2D eigenvalue weighted by Gasteiger charge is -2.05. The number of hydrogen-bond acceptors (Lipinski definition) is 4. The molecule has 0 aromatic heterocycles. The zero-order chi connectivity index (χ0) is 13.2. The first-order chi connectivity index (χ1) is 7.74. The molecule has 0 amide bonds. The van der Waals surface area contributed by atoms with Gasteiger partial charge in [0.2, 0.25) is 9.05 Å². The number of methoxy groups -OCH3 is 1. The lowest BCUT2D eigenvalue weighted by Crippen LogP contribution is -2.08.